The van der Waals surface area contributed by atoms with Crippen LogP contribution in [0.2, 0.25) is 5.02 Å². The highest BCUT2D eigenvalue weighted by Gasteiger charge is 2.35. The molecule has 0 radical (unpaired) electrons. The molecule has 0 spiro atoms. The molecule has 3 aliphatic heterocycles. The van der Waals surface area contributed by atoms with Gasteiger partial charge in [0, 0.05) is 30.9 Å². The minimum absolute atomic E-state index is 0.155. The number of piperidine rings is 3. The third-order valence-corrected chi connectivity index (χ3v) is 5.03. The second-order valence-corrected chi connectivity index (χ2v) is 6.96. The molecule has 7 nitrogen and oxygen atoms in total. The maximum absolute atomic E-state index is 12.4. The van der Waals surface area contributed by atoms with Gasteiger partial charge in [0.05, 0.1) is 11.2 Å². The van der Waals surface area contributed by atoms with Gasteiger partial charge in [0.15, 0.2) is 11.5 Å². The fraction of sp³-hybridized carbons (Fsp3) is 0.471. The third-order valence-electron chi connectivity index (χ3n) is 4.83. The predicted molar refractivity (Wildman–Crippen MR) is 90.5 cm³/mol. The van der Waals surface area contributed by atoms with Crippen LogP contribution in [0.4, 0.5) is 0 Å². The molecule has 8 heteroatoms. The zero-order valence-corrected chi connectivity index (χ0v) is 14.4. The number of hydrogen-bond donors (Lipinski definition) is 1. The van der Waals surface area contributed by atoms with Gasteiger partial charge < -0.3 is 19.5 Å². The van der Waals surface area contributed by atoms with Crippen LogP contribution in [0.3, 0.4) is 0 Å². The van der Waals surface area contributed by atoms with E-state index in [1.54, 1.807) is 18.3 Å². The highest BCUT2D eigenvalue weighted by atomic mass is 35.5. The highest BCUT2D eigenvalue weighted by Crippen LogP contribution is 2.27. The van der Waals surface area contributed by atoms with Crippen LogP contribution in [0.15, 0.2) is 29.0 Å². The van der Waals surface area contributed by atoms with Crippen molar-refractivity contribution in [3.63, 3.8) is 0 Å². The minimum atomic E-state index is -0.196. The third kappa shape index (κ3) is 3.77. The number of hydrogen-bond acceptors (Lipinski definition) is 6. The molecule has 2 aromatic heterocycles. The number of rotatable bonds is 5. The van der Waals surface area contributed by atoms with Crippen LogP contribution < -0.4 is 10.1 Å². The van der Waals surface area contributed by atoms with Crippen molar-refractivity contribution in [2.45, 2.75) is 25.5 Å². The number of nitrogens with one attached hydrogen (secondary N) is 1. The number of carbonyl (C=O) groups is 1. The second-order valence-electron chi connectivity index (χ2n) is 6.52. The summed E-state index contributed by atoms with van der Waals surface area (Å²) in [6.07, 6.45) is 5.39. The van der Waals surface area contributed by atoms with Crippen molar-refractivity contribution in [3.8, 4) is 5.75 Å². The van der Waals surface area contributed by atoms with Crippen molar-refractivity contribution in [1.82, 2.24) is 20.4 Å². The average Bonchev–Trinajstić information content (AvgIpc) is 3.10. The van der Waals surface area contributed by atoms with E-state index in [0.29, 0.717) is 22.5 Å². The first-order chi connectivity index (χ1) is 12.2. The molecule has 1 N–H and O–H groups in total. The van der Waals surface area contributed by atoms with E-state index in [2.05, 4.69) is 20.4 Å². The summed E-state index contributed by atoms with van der Waals surface area (Å²) in [6, 6.07) is 3.46. The quantitative estimate of drug-likeness (QED) is 0.877. The second kappa shape index (κ2) is 7.01. The van der Waals surface area contributed by atoms with Crippen LogP contribution in [-0.2, 0) is 6.61 Å². The molecule has 5 rings (SSSR count). The number of aromatic nitrogens is 2. The summed E-state index contributed by atoms with van der Waals surface area (Å²) in [4.78, 5) is 18.7. The Labute approximate surface area is 150 Å². The first-order valence-electron chi connectivity index (χ1n) is 8.39. The summed E-state index contributed by atoms with van der Waals surface area (Å²) in [7, 11) is 0. The lowest BCUT2D eigenvalue weighted by molar-refractivity contribution is 0.0615. The molecule has 5 heterocycles. The highest BCUT2D eigenvalue weighted by molar-refractivity contribution is 6.30. The molecule has 0 aromatic carbocycles. The van der Waals surface area contributed by atoms with Gasteiger partial charge in [-0.1, -0.05) is 16.8 Å². The smallest absolute Gasteiger partial charge is 0.273 e. The topological polar surface area (TPSA) is 80.5 Å². The summed E-state index contributed by atoms with van der Waals surface area (Å²) in [6.45, 7) is 3.36. The zero-order chi connectivity index (χ0) is 17.2. The molecule has 2 bridgehead atoms. The lowest BCUT2D eigenvalue weighted by Crippen LogP contribution is -2.57. The van der Waals surface area contributed by atoms with Crippen molar-refractivity contribution in [2.24, 2.45) is 5.92 Å². The van der Waals surface area contributed by atoms with E-state index in [1.165, 1.54) is 6.20 Å². The van der Waals surface area contributed by atoms with E-state index in [-0.39, 0.29) is 24.2 Å². The standard InChI is InChI=1S/C17H19ClN4O3/c18-12-5-13(8-19-7-12)24-10-14-6-15(21-25-14)17(23)20-16-9-22-3-1-11(16)2-4-22/h5-8,11,16H,1-4,9-10H2,(H,20,23)/t16-/m1/s1. The van der Waals surface area contributed by atoms with Gasteiger partial charge in [0.1, 0.15) is 12.4 Å². The molecule has 0 unspecified atom stereocenters. The summed E-state index contributed by atoms with van der Waals surface area (Å²) in [5, 5.41) is 7.43. The first-order valence-corrected chi connectivity index (χ1v) is 8.77. The molecule has 3 saturated heterocycles. The Morgan fingerprint density at radius 3 is 2.92 bits per heavy atom. The van der Waals surface area contributed by atoms with Crippen LogP contribution in [-0.4, -0.2) is 46.6 Å². The Kier molecular flexibility index (Phi) is 4.59. The zero-order valence-electron chi connectivity index (χ0n) is 13.7. The number of carbonyl (C=O) groups excluding carboxylic acids is 1. The molecule has 1 atom stereocenters. The van der Waals surface area contributed by atoms with E-state index in [4.69, 9.17) is 20.9 Å². The van der Waals surface area contributed by atoms with Gasteiger partial charge in [-0.3, -0.25) is 9.78 Å². The van der Waals surface area contributed by atoms with Crippen LogP contribution in [0.25, 0.3) is 0 Å². The largest absolute Gasteiger partial charge is 0.484 e. The number of pyridine rings is 1. The minimum Gasteiger partial charge on any atom is -0.484 e. The van der Waals surface area contributed by atoms with E-state index in [0.717, 1.165) is 32.5 Å². The van der Waals surface area contributed by atoms with Gasteiger partial charge in [-0.2, -0.15) is 0 Å². The van der Waals surface area contributed by atoms with Crippen LogP contribution in [0.5, 0.6) is 5.75 Å². The molecule has 132 valence electrons. The van der Waals surface area contributed by atoms with Crippen molar-refractivity contribution < 1.29 is 14.1 Å². The number of fused-ring (bicyclic) bond motifs is 3. The van der Waals surface area contributed by atoms with Crippen LogP contribution in [0, 0.1) is 5.92 Å². The number of nitrogens with zero attached hydrogens (tertiary/aromatic N) is 3. The number of ether oxygens (including phenoxy) is 1. The van der Waals surface area contributed by atoms with E-state index in [1.807, 2.05) is 0 Å². The van der Waals surface area contributed by atoms with Gasteiger partial charge in [-0.15, -0.1) is 0 Å². The van der Waals surface area contributed by atoms with Crippen LogP contribution >= 0.6 is 11.6 Å². The van der Waals surface area contributed by atoms with Crippen LogP contribution in [0.1, 0.15) is 29.1 Å². The SMILES string of the molecule is O=C(N[C@@H]1CN2CCC1CC2)c1cc(COc2cncc(Cl)c2)on1. The van der Waals surface area contributed by atoms with Gasteiger partial charge in [0.2, 0.25) is 0 Å². The van der Waals surface area contributed by atoms with Crippen molar-refractivity contribution in [2.75, 3.05) is 19.6 Å². The monoisotopic (exact) mass is 362 g/mol. The fourth-order valence-electron chi connectivity index (χ4n) is 3.48. The van der Waals surface area contributed by atoms with Gasteiger partial charge in [-0.05, 0) is 31.8 Å². The molecule has 0 saturated carbocycles. The van der Waals surface area contributed by atoms with Crippen molar-refractivity contribution in [1.29, 1.82) is 0 Å². The Bertz CT molecular complexity index is 758. The van der Waals surface area contributed by atoms with Gasteiger partial charge in [-0.25, -0.2) is 0 Å². The number of halogens is 1. The van der Waals surface area contributed by atoms with Gasteiger partial charge in [0.25, 0.3) is 5.91 Å². The van der Waals surface area contributed by atoms with Crippen molar-refractivity contribution in [3.05, 3.63) is 41.0 Å². The predicted octanol–water partition coefficient (Wildman–Crippen LogP) is 2.13. The normalized spacial score (nSPS) is 24.9. The number of amides is 1. The molecule has 0 aliphatic carbocycles. The molecule has 25 heavy (non-hydrogen) atoms. The van der Waals surface area contributed by atoms with E-state index >= 15 is 0 Å². The Morgan fingerprint density at radius 1 is 1.36 bits per heavy atom. The summed E-state index contributed by atoms with van der Waals surface area (Å²) >= 11 is 5.86. The first kappa shape index (κ1) is 16.4. The maximum atomic E-state index is 12.4. The van der Waals surface area contributed by atoms with E-state index < -0.39 is 0 Å². The lowest BCUT2D eigenvalue weighted by Gasteiger charge is -2.44. The maximum Gasteiger partial charge on any atom is 0.273 e. The molecular weight excluding hydrogens is 344 g/mol. The Balaban J connectivity index is 1.33. The Morgan fingerprint density at radius 2 is 2.20 bits per heavy atom. The average molecular weight is 363 g/mol. The lowest BCUT2D eigenvalue weighted by atomic mass is 9.84. The van der Waals surface area contributed by atoms with Crippen molar-refractivity contribution >= 4 is 17.5 Å². The molecule has 1 amide bonds. The molecule has 2 aromatic rings. The molecule has 3 fully saturated rings. The van der Waals surface area contributed by atoms with E-state index in [9.17, 15) is 4.79 Å². The summed E-state index contributed by atoms with van der Waals surface area (Å²) in [5.74, 6) is 1.37. The summed E-state index contributed by atoms with van der Waals surface area (Å²) < 4.78 is 10.7. The Hall–Kier alpha value is -2.12. The summed E-state index contributed by atoms with van der Waals surface area (Å²) in [5.41, 5.74) is 0.277. The molecular formula is C17H19ClN4O3. The van der Waals surface area contributed by atoms with Gasteiger partial charge >= 0.3 is 0 Å². The fourth-order valence-corrected chi connectivity index (χ4v) is 3.65. The molecule has 3 aliphatic rings.